The fourth-order valence-electron chi connectivity index (χ4n) is 9.60. The van der Waals surface area contributed by atoms with E-state index in [-0.39, 0.29) is 12.0 Å². The van der Waals surface area contributed by atoms with Gasteiger partial charge in [-0.2, -0.15) is 0 Å². The van der Waals surface area contributed by atoms with Gasteiger partial charge in [-0.25, -0.2) is 0 Å². The van der Waals surface area contributed by atoms with Crippen LogP contribution in [0.25, 0.3) is 65.4 Å². The lowest BCUT2D eigenvalue weighted by Crippen LogP contribution is -2.24. The summed E-state index contributed by atoms with van der Waals surface area (Å²) < 4.78 is 19.5. The molecule has 288 valence electrons. The second-order valence-electron chi connectivity index (χ2n) is 16.1. The van der Waals surface area contributed by atoms with Gasteiger partial charge in [-0.3, -0.25) is 0 Å². The van der Waals surface area contributed by atoms with Gasteiger partial charge in [0, 0.05) is 73.2 Å². The molecule has 2 aromatic heterocycles. The lowest BCUT2D eigenvalue weighted by atomic mass is 9.90. The number of rotatable bonds is 6. The summed E-state index contributed by atoms with van der Waals surface area (Å²) in [4.78, 5) is 4.61. The van der Waals surface area contributed by atoms with E-state index in [1.807, 2.05) is 18.2 Å². The standard InChI is InChI=1S/C56H36N2O3/c1-3-11-39(12-4-1)57(43-23-25-47-45-15-7-9-17-51(45)59-55(47)33-43)41-21-19-35-29-49-50-30-36-20-22-42(28-38(36)32-54(50)61-53(49)31-37(35)27-41)58(40-13-5-2-6-14-40)44-24-26-48-46-16-8-10-18-52(46)60-56(48)34-44/h1-34,47,55H. The zero-order valence-corrected chi connectivity index (χ0v) is 32.9. The maximum atomic E-state index is 6.72. The Morgan fingerprint density at radius 3 is 1.67 bits per heavy atom. The number of para-hydroxylation sites is 4. The Bertz CT molecular complexity index is 3600. The molecule has 11 aromatic rings. The highest BCUT2D eigenvalue weighted by Gasteiger charge is 2.34. The molecule has 1 aliphatic carbocycles. The molecule has 1 aliphatic heterocycles. The zero-order chi connectivity index (χ0) is 40.0. The molecule has 3 heterocycles. The summed E-state index contributed by atoms with van der Waals surface area (Å²) in [5.41, 5.74) is 11.1. The van der Waals surface area contributed by atoms with Crippen LogP contribution in [0.15, 0.2) is 221 Å². The molecule has 13 rings (SSSR count). The summed E-state index contributed by atoms with van der Waals surface area (Å²) in [6, 6.07) is 66.4. The monoisotopic (exact) mass is 784 g/mol. The maximum Gasteiger partial charge on any atom is 0.137 e. The van der Waals surface area contributed by atoms with Gasteiger partial charge in [0.2, 0.25) is 0 Å². The van der Waals surface area contributed by atoms with Crippen molar-refractivity contribution in [3.63, 3.8) is 0 Å². The van der Waals surface area contributed by atoms with Crippen LogP contribution in [-0.2, 0) is 0 Å². The largest absolute Gasteiger partial charge is 0.485 e. The molecule has 0 saturated carbocycles. The van der Waals surface area contributed by atoms with E-state index in [9.17, 15) is 0 Å². The Hall–Kier alpha value is -8.02. The molecule has 61 heavy (non-hydrogen) atoms. The van der Waals surface area contributed by atoms with Crippen LogP contribution >= 0.6 is 0 Å². The molecule has 0 fully saturated rings. The number of hydrogen-bond donors (Lipinski definition) is 0. The predicted molar refractivity (Wildman–Crippen MR) is 250 cm³/mol. The van der Waals surface area contributed by atoms with Gasteiger partial charge in [0.15, 0.2) is 0 Å². The molecule has 5 heteroatoms. The third kappa shape index (κ3) is 5.48. The Morgan fingerprint density at radius 2 is 0.934 bits per heavy atom. The molecular formula is C56H36N2O3. The van der Waals surface area contributed by atoms with E-state index in [0.717, 1.165) is 105 Å². The highest BCUT2D eigenvalue weighted by molar-refractivity contribution is 6.14. The molecule has 0 radical (unpaired) electrons. The van der Waals surface area contributed by atoms with Crippen LogP contribution in [0.4, 0.5) is 28.4 Å². The van der Waals surface area contributed by atoms with Crippen molar-refractivity contribution in [2.45, 2.75) is 12.0 Å². The predicted octanol–water partition coefficient (Wildman–Crippen LogP) is 15.4. The summed E-state index contributed by atoms with van der Waals surface area (Å²) >= 11 is 0. The van der Waals surface area contributed by atoms with Crippen LogP contribution in [0.5, 0.6) is 5.75 Å². The second-order valence-corrected chi connectivity index (χ2v) is 16.1. The van der Waals surface area contributed by atoms with E-state index < -0.39 is 0 Å². The van der Waals surface area contributed by atoms with E-state index in [1.54, 1.807) is 0 Å². The minimum atomic E-state index is -0.0562. The van der Waals surface area contributed by atoms with Gasteiger partial charge in [-0.05, 0) is 131 Å². The topological polar surface area (TPSA) is 42.0 Å². The Balaban J connectivity index is 0.891. The third-order valence-corrected chi connectivity index (χ3v) is 12.5. The first-order valence-electron chi connectivity index (χ1n) is 20.8. The molecule has 0 spiro atoms. The summed E-state index contributed by atoms with van der Waals surface area (Å²) in [7, 11) is 0. The van der Waals surface area contributed by atoms with Crippen molar-refractivity contribution in [3.05, 3.63) is 218 Å². The average molecular weight is 785 g/mol. The van der Waals surface area contributed by atoms with Gasteiger partial charge in [-0.15, -0.1) is 0 Å². The summed E-state index contributed by atoms with van der Waals surface area (Å²) in [6.07, 6.45) is 6.73. The van der Waals surface area contributed by atoms with Gasteiger partial charge in [-0.1, -0.05) is 91.0 Å². The lowest BCUT2D eigenvalue weighted by molar-refractivity contribution is 0.267. The fraction of sp³-hybridized carbons (Fsp3) is 0.0357. The smallest absolute Gasteiger partial charge is 0.137 e. The number of anilines is 5. The van der Waals surface area contributed by atoms with Crippen molar-refractivity contribution < 1.29 is 13.6 Å². The molecule has 5 nitrogen and oxygen atoms in total. The molecule has 9 aromatic carbocycles. The second kappa shape index (κ2) is 13.2. The van der Waals surface area contributed by atoms with E-state index in [2.05, 4.69) is 198 Å². The number of fused-ring (bicyclic) bond motifs is 11. The zero-order valence-electron chi connectivity index (χ0n) is 32.9. The SMILES string of the molecule is C1=CC2c3ccccc3OC2C=C1N(c1ccccc1)c1ccc2cc3c(cc2c1)oc1cc2cc(N(c4ccccc4)c4ccc5c(c4)oc4ccccc45)ccc2cc13. The number of nitrogens with zero attached hydrogens (tertiary/aromatic N) is 2. The summed E-state index contributed by atoms with van der Waals surface area (Å²) in [5, 5.41) is 8.96. The first kappa shape index (κ1) is 33.9. The van der Waals surface area contributed by atoms with Gasteiger partial charge < -0.3 is 23.4 Å². The number of allylic oxidation sites excluding steroid dienone is 1. The van der Waals surface area contributed by atoms with Crippen molar-refractivity contribution >= 4 is 93.9 Å². The number of hydrogen-bond acceptors (Lipinski definition) is 5. The Kier molecular flexibility index (Phi) is 7.36. The van der Waals surface area contributed by atoms with Crippen LogP contribution < -0.4 is 14.5 Å². The molecule has 2 atom stereocenters. The number of benzene rings is 9. The number of ether oxygens (including phenoxy) is 1. The van der Waals surface area contributed by atoms with Crippen LogP contribution in [0, 0.1) is 0 Å². The molecule has 2 aliphatic rings. The van der Waals surface area contributed by atoms with Crippen LogP contribution in [0.1, 0.15) is 11.5 Å². The highest BCUT2D eigenvalue weighted by Crippen LogP contribution is 2.45. The molecule has 0 bridgehead atoms. The van der Waals surface area contributed by atoms with E-state index in [0.29, 0.717) is 0 Å². The van der Waals surface area contributed by atoms with E-state index in [1.165, 1.54) is 5.56 Å². The molecule has 0 N–H and O–H groups in total. The maximum absolute atomic E-state index is 6.72. The van der Waals surface area contributed by atoms with Crippen LogP contribution in [0.3, 0.4) is 0 Å². The van der Waals surface area contributed by atoms with Gasteiger partial charge >= 0.3 is 0 Å². The first-order chi connectivity index (χ1) is 30.2. The van der Waals surface area contributed by atoms with Crippen molar-refractivity contribution in [1.82, 2.24) is 0 Å². The van der Waals surface area contributed by atoms with E-state index in [4.69, 9.17) is 13.6 Å². The van der Waals surface area contributed by atoms with Crippen molar-refractivity contribution in [1.29, 1.82) is 0 Å². The fourth-order valence-corrected chi connectivity index (χ4v) is 9.60. The van der Waals surface area contributed by atoms with Gasteiger partial charge in [0.1, 0.15) is 34.2 Å². The number of furan rings is 2. The third-order valence-electron chi connectivity index (χ3n) is 12.5. The van der Waals surface area contributed by atoms with Crippen LogP contribution in [-0.4, -0.2) is 6.10 Å². The molecule has 0 saturated heterocycles. The summed E-state index contributed by atoms with van der Waals surface area (Å²) in [5.74, 6) is 1.17. The minimum Gasteiger partial charge on any atom is -0.485 e. The van der Waals surface area contributed by atoms with Crippen molar-refractivity contribution in [3.8, 4) is 5.75 Å². The molecular weight excluding hydrogens is 749 g/mol. The lowest BCUT2D eigenvalue weighted by Gasteiger charge is -2.30. The van der Waals surface area contributed by atoms with Gasteiger partial charge in [0.25, 0.3) is 0 Å². The quantitative estimate of drug-likeness (QED) is 0.168. The van der Waals surface area contributed by atoms with E-state index >= 15 is 0 Å². The van der Waals surface area contributed by atoms with Crippen molar-refractivity contribution in [2.24, 2.45) is 0 Å². The first-order valence-corrected chi connectivity index (χ1v) is 20.8. The Morgan fingerprint density at radius 1 is 0.377 bits per heavy atom. The van der Waals surface area contributed by atoms with Crippen molar-refractivity contribution in [2.75, 3.05) is 9.80 Å². The molecule has 0 amide bonds. The summed E-state index contributed by atoms with van der Waals surface area (Å²) in [6.45, 7) is 0. The average Bonchev–Trinajstić information content (AvgIpc) is 3.98. The highest BCUT2D eigenvalue weighted by atomic mass is 16.5. The Labute approximate surface area is 351 Å². The minimum absolute atomic E-state index is 0.0562. The normalized spacial score (nSPS) is 15.7. The van der Waals surface area contributed by atoms with Gasteiger partial charge in [0.05, 0.1) is 0 Å². The van der Waals surface area contributed by atoms with Crippen LogP contribution in [0.2, 0.25) is 0 Å². The molecule has 2 unspecified atom stereocenters.